The van der Waals surface area contributed by atoms with Gasteiger partial charge in [0.1, 0.15) is 6.54 Å². The van der Waals surface area contributed by atoms with Crippen molar-refractivity contribution in [2.75, 3.05) is 31.2 Å². The predicted molar refractivity (Wildman–Crippen MR) is 116 cm³/mol. The Morgan fingerprint density at radius 2 is 1.94 bits per heavy atom. The van der Waals surface area contributed by atoms with Gasteiger partial charge in [0.2, 0.25) is 10.0 Å². The average molecular weight is 475 g/mol. The molecule has 1 unspecified atom stereocenters. The first-order valence-electron chi connectivity index (χ1n) is 10.2. The van der Waals surface area contributed by atoms with Crippen LogP contribution in [0.5, 0.6) is 0 Å². The second kappa shape index (κ2) is 10.6. The van der Waals surface area contributed by atoms with Crippen LogP contribution in [0.2, 0.25) is 0 Å². The Kier molecular flexibility index (Phi) is 8.61. The van der Waals surface area contributed by atoms with Crippen LogP contribution < -0.4 is 4.72 Å². The van der Waals surface area contributed by atoms with E-state index in [0.29, 0.717) is 19.4 Å². The second-order valence-electron chi connectivity index (χ2n) is 7.73. The second-order valence-corrected chi connectivity index (χ2v) is 11.7. The molecular weight excluding hydrogens is 444 g/mol. The van der Waals surface area contributed by atoms with Gasteiger partial charge in [-0.1, -0.05) is 19.4 Å². The number of sulfonamides is 1. The van der Waals surface area contributed by atoms with Crippen molar-refractivity contribution in [2.45, 2.75) is 51.0 Å². The summed E-state index contributed by atoms with van der Waals surface area (Å²) in [5, 5.41) is 0. The largest absolute Gasteiger partial charge is 0.455 e. The molecule has 0 bridgehead atoms. The fourth-order valence-electron chi connectivity index (χ4n) is 3.26. The molecule has 1 aliphatic heterocycles. The third kappa shape index (κ3) is 7.29. The number of ether oxygens (including phenoxy) is 1. The van der Waals surface area contributed by atoms with E-state index in [1.807, 2.05) is 13.8 Å². The Bertz CT molecular complexity index is 1020. The van der Waals surface area contributed by atoms with Gasteiger partial charge in [0, 0.05) is 12.6 Å². The van der Waals surface area contributed by atoms with Crippen molar-refractivity contribution in [3.63, 3.8) is 0 Å². The topological polar surface area (TPSA) is 127 Å². The summed E-state index contributed by atoms with van der Waals surface area (Å²) in [4.78, 5) is 26.0. The van der Waals surface area contributed by atoms with Gasteiger partial charge >= 0.3 is 5.97 Å². The number of unbranched alkanes of at least 4 members (excludes halogenated alkanes) is 1. The molecule has 0 spiro atoms. The minimum absolute atomic E-state index is 0.0349. The van der Waals surface area contributed by atoms with Crippen molar-refractivity contribution in [1.82, 2.24) is 9.62 Å². The molecule has 2 rings (SSSR count). The predicted octanol–water partition coefficient (Wildman–Crippen LogP) is 0.941. The number of hydrogen-bond acceptors (Lipinski definition) is 7. The van der Waals surface area contributed by atoms with E-state index in [0.717, 1.165) is 17.5 Å². The van der Waals surface area contributed by atoms with E-state index in [1.165, 1.54) is 17.0 Å². The third-order valence-electron chi connectivity index (χ3n) is 5.27. The van der Waals surface area contributed by atoms with Crippen LogP contribution in [0.15, 0.2) is 23.1 Å². The van der Waals surface area contributed by atoms with Gasteiger partial charge in [0.15, 0.2) is 16.4 Å². The summed E-state index contributed by atoms with van der Waals surface area (Å²) in [6.45, 7) is 4.80. The number of carbonyl (C=O) groups is 2. The van der Waals surface area contributed by atoms with E-state index in [-0.39, 0.29) is 16.4 Å². The van der Waals surface area contributed by atoms with Gasteiger partial charge in [-0.3, -0.25) is 9.59 Å². The highest BCUT2D eigenvalue weighted by atomic mass is 32.2. The third-order valence-corrected chi connectivity index (χ3v) is 8.42. The normalized spacial score (nSPS) is 18.0. The van der Waals surface area contributed by atoms with Crippen molar-refractivity contribution in [1.29, 1.82) is 0 Å². The summed E-state index contributed by atoms with van der Waals surface area (Å²) in [5.74, 6) is -1.43. The van der Waals surface area contributed by atoms with Crippen LogP contribution >= 0.6 is 0 Å². The van der Waals surface area contributed by atoms with Crippen LogP contribution in [0.4, 0.5) is 0 Å². The van der Waals surface area contributed by atoms with Crippen LogP contribution in [0, 0.1) is 13.8 Å². The lowest BCUT2D eigenvalue weighted by Gasteiger charge is -2.28. The number of nitrogens with zero attached hydrogens (tertiary/aromatic N) is 1. The zero-order valence-corrected chi connectivity index (χ0v) is 19.7. The van der Waals surface area contributed by atoms with Gasteiger partial charge in [0.05, 0.1) is 16.4 Å². The average Bonchev–Trinajstić information content (AvgIpc) is 3.06. The molecule has 1 aliphatic rings. The van der Waals surface area contributed by atoms with Crippen LogP contribution in [0.1, 0.15) is 37.3 Å². The molecule has 1 fully saturated rings. The summed E-state index contributed by atoms with van der Waals surface area (Å²) in [6.07, 6.45) is 1.89. The van der Waals surface area contributed by atoms with Crippen LogP contribution in [0.3, 0.4) is 0 Å². The molecule has 1 N–H and O–H groups in total. The Labute approximate surface area is 184 Å². The van der Waals surface area contributed by atoms with Crippen molar-refractivity contribution in [3.8, 4) is 0 Å². The molecule has 1 aromatic rings. The van der Waals surface area contributed by atoms with Gasteiger partial charge in [-0.15, -0.1) is 0 Å². The lowest BCUT2D eigenvalue weighted by Crippen LogP contribution is -2.44. The van der Waals surface area contributed by atoms with Crippen LogP contribution in [0.25, 0.3) is 0 Å². The van der Waals surface area contributed by atoms with Gasteiger partial charge in [-0.25, -0.2) is 16.8 Å². The Hall–Kier alpha value is -1.98. The minimum Gasteiger partial charge on any atom is -0.455 e. The smallest absolute Gasteiger partial charge is 0.321 e. The Morgan fingerprint density at radius 1 is 1.23 bits per heavy atom. The van der Waals surface area contributed by atoms with Gasteiger partial charge < -0.3 is 9.64 Å². The first-order chi connectivity index (χ1) is 14.4. The fraction of sp³-hybridized carbons (Fsp3) is 0.600. The molecule has 0 aromatic heterocycles. The number of nitrogens with one attached hydrogen (secondary N) is 1. The maximum atomic E-state index is 12.6. The SMILES string of the molecule is CCCCN(C(=O)COC(=O)CNS(=O)(=O)c1ccc(C)c(C)c1)C1CCS(=O)(=O)C1. The number of carbonyl (C=O) groups excluding carboxylic acids is 2. The molecule has 1 aromatic carbocycles. The summed E-state index contributed by atoms with van der Waals surface area (Å²) in [7, 11) is -7.07. The minimum atomic E-state index is -3.90. The Balaban J connectivity index is 1.90. The van der Waals surface area contributed by atoms with Crippen LogP contribution in [-0.2, 0) is 34.2 Å². The van der Waals surface area contributed by atoms with Gasteiger partial charge in [-0.05, 0) is 49.9 Å². The first kappa shape index (κ1) is 25.3. The summed E-state index contributed by atoms with van der Waals surface area (Å²) in [5.41, 5.74) is 1.75. The molecule has 1 saturated heterocycles. The highest BCUT2D eigenvalue weighted by molar-refractivity contribution is 7.91. The van der Waals surface area contributed by atoms with Crippen molar-refractivity contribution >= 4 is 31.7 Å². The number of hydrogen-bond donors (Lipinski definition) is 1. The summed E-state index contributed by atoms with van der Waals surface area (Å²) >= 11 is 0. The fourth-order valence-corrected chi connectivity index (χ4v) is 6.04. The van der Waals surface area contributed by atoms with E-state index in [4.69, 9.17) is 4.74 Å². The molecule has 0 radical (unpaired) electrons. The van der Waals surface area contributed by atoms with E-state index < -0.39 is 50.9 Å². The highest BCUT2D eigenvalue weighted by Crippen LogP contribution is 2.19. The summed E-state index contributed by atoms with van der Waals surface area (Å²) < 4.78 is 55.3. The van der Waals surface area contributed by atoms with E-state index >= 15 is 0 Å². The number of sulfone groups is 1. The van der Waals surface area contributed by atoms with E-state index in [2.05, 4.69) is 4.72 Å². The molecule has 31 heavy (non-hydrogen) atoms. The monoisotopic (exact) mass is 474 g/mol. The quantitative estimate of drug-likeness (QED) is 0.500. The number of esters is 1. The first-order valence-corrected chi connectivity index (χ1v) is 13.5. The van der Waals surface area contributed by atoms with E-state index in [9.17, 15) is 26.4 Å². The summed E-state index contributed by atoms with van der Waals surface area (Å²) in [6, 6.07) is 4.20. The molecule has 1 heterocycles. The lowest BCUT2D eigenvalue weighted by atomic mass is 10.1. The zero-order valence-electron chi connectivity index (χ0n) is 18.1. The number of aryl methyl sites for hydroxylation is 2. The number of rotatable bonds is 10. The maximum Gasteiger partial charge on any atom is 0.321 e. The van der Waals surface area contributed by atoms with Gasteiger partial charge in [-0.2, -0.15) is 4.72 Å². The maximum absolute atomic E-state index is 12.6. The molecule has 1 amide bonds. The molecular formula is C20H30N2O7S2. The Morgan fingerprint density at radius 3 is 2.52 bits per heavy atom. The van der Waals surface area contributed by atoms with Crippen molar-refractivity contribution in [3.05, 3.63) is 29.3 Å². The van der Waals surface area contributed by atoms with Crippen molar-refractivity contribution < 1.29 is 31.2 Å². The molecule has 1 atom stereocenters. The lowest BCUT2D eigenvalue weighted by molar-refractivity contribution is -0.151. The molecule has 9 nitrogen and oxygen atoms in total. The highest BCUT2D eigenvalue weighted by Gasteiger charge is 2.34. The molecule has 174 valence electrons. The number of amides is 1. The molecule has 0 saturated carbocycles. The standard InChI is InChI=1S/C20H30N2O7S2/c1-4-5-9-22(17-8-10-30(25,26)14-17)19(23)13-29-20(24)12-21-31(27,28)18-7-6-15(2)16(3)11-18/h6-7,11,17,21H,4-5,8-10,12-14H2,1-3H3. The van der Waals surface area contributed by atoms with Crippen molar-refractivity contribution in [2.24, 2.45) is 0 Å². The molecule has 0 aliphatic carbocycles. The zero-order chi connectivity index (χ0) is 23.2. The van der Waals surface area contributed by atoms with Crippen LogP contribution in [-0.4, -0.2) is 70.9 Å². The van der Waals surface area contributed by atoms with E-state index in [1.54, 1.807) is 13.0 Å². The number of benzene rings is 1. The van der Waals surface area contributed by atoms with Gasteiger partial charge in [0.25, 0.3) is 5.91 Å². The molecule has 11 heteroatoms.